The summed E-state index contributed by atoms with van der Waals surface area (Å²) < 4.78 is 12.9. The van der Waals surface area contributed by atoms with Crippen LogP contribution in [0.4, 0.5) is 0 Å². The van der Waals surface area contributed by atoms with E-state index in [4.69, 9.17) is 9.26 Å². The fourth-order valence-electron chi connectivity index (χ4n) is 3.05. The summed E-state index contributed by atoms with van der Waals surface area (Å²) in [5.41, 5.74) is 0. The highest BCUT2D eigenvalue weighted by atomic mass is 16.5. The second-order valence-corrected chi connectivity index (χ2v) is 6.23. The van der Waals surface area contributed by atoms with Gasteiger partial charge in [-0.25, -0.2) is 0 Å². The Kier molecular flexibility index (Phi) is 5.40. The van der Waals surface area contributed by atoms with Gasteiger partial charge in [0.05, 0.1) is 6.04 Å². The fraction of sp³-hybridized carbons (Fsp3) is 0.688. The van der Waals surface area contributed by atoms with Crippen LogP contribution < -0.4 is 5.32 Å². The third-order valence-electron chi connectivity index (χ3n) is 4.36. The molecule has 2 atom stereocenters. The van der Waals surface area contributed by atoms with Gasteiger partial charge in [0.2, 0.25) is 5.89 Å². The van der Waals surface area contributed by atoms with Crippen LogP contribution in [-0.2, 0) is 11.3 Å². The lowest BCUT2D eigenvalue weighted by Gasteiger charge is -2.30. The lowest BCUT2D eigenvalue weighted by Crippen LogP contribution is -2.38. The largest absolute Gasteiger partial charge is 0.381 e. The second-order valence-electron chi connectivity index (χ2n) is 6.23. The van der Waals surface area contributed by atoms with E-state index in [1.165, 1.54) is 0 Å². The van der Waals surface area contributed by atoms with Crippen molar-refractivity contribution >= 4 is 0 Å². The van der Waals surface area contributed by atoms with Crippen molar-refractivity contribution in [2.24, 2.45) is 5.92 Å². The first-order chi connectivity index (χ1) is 11.2. The predicted octanol–water partition coefficient (Wildman–Crippen LogP) is 2.11. The van der Waals surface area contributed by atoms with Crippen LogP contribution in [-0.4, -0.2) is 39.2 Å². The van der Waals surface area contributed by atoms with Crippen molar-refractivity contribution < 1.29 is 9.26 Å². The molecule has 7 heteroatoms. The van der Waals surface area contributed by atoms with Crippen LogP contribution in [0.2, 0.25) is 0 Å². The number of ether oxygens (including phenoxy) is 1. The lowest BCUT2D eigenvalue weighted by atomic mass is 9.91. The molecular formula is C16H25N5O2. The van der Waals surface area contributed by atoms with Gasteiger partial charge < -0.3 is 14.6 Å². The molecule has 0 aromatic carbocycles. The topological polar surface area (TPSA) is 78.0 Å². The Bertz CT molecular complexity index is 577. The van der Waals surface area contributed by atoms with Gasteiger partial charge in [-0.3, -0.25) is 4.68 Å². The first-order valence-corrected chi connectivity index (χ1v) is 8.34. The Morgan fingerprint density at radius 1 is 1.39 bits per heavy atom. The summed E-state index contributed by atoms with van der Waals surface area (Å²) in [4.78, 5) is 4.45. The Labute approximate surface area is 136 Å². The number of hydrogen-bond acceptors (Lipinski definition) is 6. The van der Waals surface area contributed by atoms with E-state index in [1.807, 2.05) is 30.1 Å². The lowest BCUT2D eigenvalue weighted by molar-refractivity contribution is 0.0468. The summed E-state index contributed by atoms with van der Waals surface area (Å²) in [5.74, 6) is 1.85. The van der Waals surface area contributed by atoms with E-state index >= 15 is 0 Å². The van der Waals surface area contributed by atoms with Crippen molar-refractivity contribution in [1.82, 2.24) is 25.2 Å². The quantitative estimate of drug-likeness (QED) is 0.842. The fourth-order valence-corrected chi connectivity index (χ4v) is 3.05. The van der Waals surface area contributed by atoms with Crippen LogP contribution in [0.1, 0.15) is 43.9 Å². The summed E-state index contributed by atoms with van der Waals surface area (Å²) >= 11 is 0. The van der Waals surface area contributed by atoms with Crippen molar-refractivity contribution in [2.75, 3.05) is 13.2 Å². The van der Waals surface area contributed by atoms with Crippen LogP contribution in [0, 0.1) is 12.8 Å². The summed E-state index contributed by atoms with van der Waals surface area (Å²) in [6.45, 7) is 6.55. The zero-order valence-corrected chi connectivity index (χ0v) is 13.8. The number of hydrogen-bond donors (Lipinski definition) is 1. The highest BCUT2D eigenvalue weighted by molar-refractivity contribution is 4.96. The van der Waals surface area contributed by atoms with Crippen molar-refractivity contribution in [3.63, 3.8) is 0 Å². The molecule has 0 saturated carbocycles. The van der Waals surface area contributed by atoms with Crippen LogP contribution in [0.25, 0.3) is 0 Å². The van der Waals surface area contributed by atoms with Crippen LogP contribution in [0.3, 0.4) is 0 Å². The van der Waals surface area contributed by atoms with Crippen LogP contribution in [0.5, 0.6) is 0 Å². The average Bonchev–Trinajstić information content (AvgIpc) is 3.23. The molecule has 0 radical (unpaired) electrons. The Morgan fingerprint density at radius 3 is 2.87 bits per heavy atom. The molecule has 2 unspecified atom stereocenters. The first-order valence-electron chi connectivity index (χ1n) is 8.34. The van der Waals surface area contributed by atoms with E-state index in [2.05, 4.69) is 27.5 Å². The summed E-state index contributed by atoms with van der Waals surface area (Å²) in [5, 5.41) is 11.9. The first kappa shape index (κ1) is 16.1. The highest BCUT2D eigenvalue weighted by Gasteiger charge is 2.30. The standard InChI is InChI=1S/C16H25N5O2/c1-12(4-9-21-8-3-7-17-21)18-15(14-5-10-22-11-6-14)16-19-13(2)20-23-16/h3,7-8,12,14-15,18H,4-6,9-11H2,1-2H3. The van der Waals surface area contributed by atoms with Gasteiger partial charge in [0.1, 0.15) is 0 Å². The SMILES string of the molecule is Cc1noc(C(NC(C)CCn2cccn2)C2CCOCC2)n1. The normalized spacial score (nSPS) is 18.9. The maximum atomic E-state index is 5.49. The minimum absolute atomic E-state index is 0.0905. The zero-order valence-electron chi connectivity index (χ0n) is 13.8. The minimum Gasteiger partial charge on any atom is -0.381 e. The Hall–Kier alpha value is -1.73. The smallest absolute Gasteiger partial charge is 0.244 e. The van der Waals surface area contributed by atoms with Gasteiger partial charge in [0.25, 0.3) is 0 Å². The molecule has 23 heavy (non-hydrogen) atoms. The highest BCUT2D eigenvalue weighted by Crippen LogP contribution is 2.29. The van der Waals surface area contributed by atoms with Crippen LogP contribution >= 0.6 is 0 Å². The van der Waals surface area contributed by atoms with E-state index in [0.717, 1.165) is 39.0 Å². The molecule has 1 saturated heterocycles. The van der Waals surface area contributed by atoms with Crippen LogP contribution in [0.15, 0.2) is 23.0 Å². The number of rotatable bonds is 7. The molecular weight excluding hydrogens is 294 g/mol. The van der Waals surface area contributed by atoms with E-state index in [0.29, 0.717) is 23.7 Å². The maximum absolute atomic E-state index is 5.49. The summed E-state index contributed by atoms with van der Waals surface area (Å²) in [6.07, 6.45) is 6.83. The van der Waals surface area contributed by atoms with Gasteiger partial charge in [0.15, 0.2) is 5.82 Å². The van der Waals surface area contributed by atoms with E-state index < -0.39 is 0 Å². The van der Waals surface area contributed by atoms with Gasteiger partial charge in [-0.1, -0.05) is 5.16 Å². The molecule has 0 amide bonds. The van der Waals surface area contributed by atoms with Crippen molar-refractivity contribution in [1.29, 1.82) is 0 Å². The van der Waals surface area contributed by atoms with Crippen molar-refractivity contribution in [3.8, 4) is 0 Å². The van der Waals surface area contributed by atoms with Crippen molar-refractivity contribution in [3.05, 3.63) is 30.2 Å². The molecule has 0 aliphatic carbocycles. The van der Waals surface area contributed by atoms with Crippen molar-refractivity contribution in [2.45, 2.75) is 51.7 Å². The summed E-state index contributed by atoms with van der Waals surface area (Å²) in [7, 11) is 0. The number of nitrogens with zero attached hydrogens (tertiary/aromatic N) is 4. The van der Waals surface area contributed by atoms with E-state index in [9.17, 15) is 0 Å². The van der Waals surface area contributed by atoms with Gasteiger partial charge in [-0.15, -0.1) is 0 Å². The molecule has 2 aromatic heterocycles. The molecule has 0 spiro atoms. The van der Waals surface area contributed by atoms with Gasteiger partial charge in [-0.2, -0.15) is 10.1 Å². The number of aryl methyl sites for hydroxylation is 2. The molecule has 7 nitrogen and oxygen atoms in total. The molecule has 1 aliphatic heterocycles. The van der Waals surface area contributed by atoms with Gasteiger partial charge in [-0.05, 0) is 45.1 Å². The summed E-state index contributed by atoms with van der Waals surface area (Å²) in [6, 6.07) is 2.37. The van der Waals surface area contributed by atoms with Gasteiger partial charge in [0, 0.05) is 38.2 Å². The molecule has 3 heterocycles. The second kappa shape index (κ2) is 7.70. The molecule has 3 rings (SSSR count). The minimum atomic E-state index is 0.0905. The molecule has 0 bridgehead atoms. The monoisotopic (exact) mass is 319 g/mol. The zero-order chi connectivity index (χ0) is 16.1. The Balaban J connectivity index is 1.62. The number of aromatic nitrogens is 4. The average molecular weight is 319 g/mol. The third kappa shape index (κ3) is 4.39. The number of nitrogens with one attached hydrogen (secondary N) is 1. The predicted molar refractivity (Wildman–Crippen MR) is 84.8 cm³/mol. The third-order valence-corrected chi connectivity index (χ3v) is 4.36. The molecule has 1 aliphatic rings. The Morgan fingerprint density at radius 2 is 2.22 bits per heavy atom. The van der Waals surface area contributed by atoms with E-state index in [-0.39, 0.29) is 6.04 Å². The molecule has 1 fully saturated rings. The van der Waals surface area contributed by atoms with E-state index in [1.54, 1.807) is 0 Å². The molecule has 2 aromatic rings. The molecule has 1 N–H and O–H groups in total. The van der Waals surface area contributed by atoms with Gasteiger partial charge >= 0.3 is 0 Å². The maximum Gasteiger partial charge on any atom is 0.244 e. The molecule has 126 valence electrons.